The zero-order valence-corrected chi connectivity index (χ0v) is 13.1. The summed E-state index contributed by atoms with van der Waals surface area (Å²) in [5.74, 6) is -0.606. The topological polar surface area (TPSA) is 78.7 Å². The standard InChI is InChI=1S/C16H23FN4O2/c17-14-4-2-13(3-5-14)6-7-19-16(23)21-9-1-8-20(10-11-21)12-15(18)22/h2-5H,1,6-12H2,(H2,18,22)(H,19,23). The summed E-state index contributed by atoms with van der Waals surface area (Å²) in [4.78, 5) is 26.8. The van der Waals surface area contributed by atoms with E-state index in [4.69, 9.17) is 5.73 Å². The minimum atomic E-state index is -0.345. The molecule has 1 saturated heterocycles. The first-order chi connectivity index (χ1) is 11.0. The van der Waals surface area contributed by atoms with Gasteiger partial charge in [0.15, 0.2) is 0 Å². The Bertz CT molecular complexity index is 535. The maximum Gasteiger partial charge on any atom is 0.317 e. The highest BCUT2D eigenvalue weighted by atomic mass is 19.1. The van der Waals surface area contributed by atoms with E-state index in [1.165, 1.54) is 12.1 Å². The van der Waals surface area contributed by atoms with E-state index in [1.807, 2.05) is 4.90 Å². The normalized spacial score (nSPS) is 16.0. The van der Waals surface area contributed by atoms with Gasteiger partial charge in [0, 0.05) is 32.7 Å². The molecule has 1 aromatic rings. The Morgan fingerprint density at radius 2 is 1.87 bits per heavy atom. The Labute approximate surface area is 135 Å². The number of nitrogens with zero attached hydrogens (tertiary/aromatic N) is 2. The van der Waals surface area contributed by atoms with Gasteiger partial charge in [0.1, 0.15) is 5.82 Å². The number of rotatable bonds is 5. The van der Waals surface area contributed by atoms with Crippen molar-refractivity contribution in [2.45, 2.75) is 12.8 Å². The van der Waals surface area contributed by atoms with E-state index in [0.717, 1.165) is 18.5 Å². The van der Waals surface area contributed by atoms with Crippen LogP contribution in [0, 0.1) is 5.82 Å². The first kappa shape index (κ1) is 17.2. The lowest BCUT2D eigenvalue weighted by Gasteiger charge is -2.21. The van der Waals surface area contributed by atoms with Crippen LogP contribution in [0.1, 0.15) is 12.0 Å². The Kier molecular flexibility index (Phi) is 6.34. The highest BCUT2D eigenvalue weighted by Gasteiger charge is 2.19. The molecule has 0 bridgehead atoms. The fraction of sp³-hybridized carbons (Fsp3) is 0.500. The molecule has 126 valence electrons. The molecule has 3 amide bonds. The molecular formula is C16H23FN4O2. The highest BCUT2D eigenvalue weighted by molar-refractivity contribution is 5.76. The third-order valence-corrected chi connectivity index (χ3v) is 3.86. The quantitative estimate of drug-likeness (QED) is 0.832. The van der Waals surface area contributed by atoms with Crippen LogP contribution >= 0.6 is 0 Å². The fourth-order valence-electron chi connectivity index (χ4n) is 2.63. The smallest absolute Gasteiger partial charge is 0.317 e. The van der Waals surface area contributed by atoms with Crippen LogP contribution in [-0.2, 0) is 11.2 Å². The van der Waals surface area contributed by atoms with Crippen LogP contribution in [0.15, 0.2) is 24.3 Å². The van der Waals surface area contributed by atoms with E-state index >= 15 is 0 Å². The van der Waals surface area contributed by atoms with Gasteiger partial charge in [0.2, 0.25) is 5.91 Å². The molecule has 1 fully saturated rings. The molecule has 1 aliphatic heterocycles. The Morgan fingerprint density at radius 1 is 1.13 bits per heavy atom. The van der Waals surface area contributed by atoms with Gasteiger partial charge in [-0.25, -0.2) is 9.18 Å². The van der Waals surface area contributed by atoms with Crippen molar-refractivity contribution >= 4 is 11.9 Å². The average Bonchev–Trinajstić information content (AvgIpc) is 2.74. The van der Waals surface area contributed by atoms with Crippen LogP contribution in [0.3, 0.4) is 0 Å². The number of hydrogen-bond acceptors (Lipinski definition) is 3. The van der Waals surface area contributed by atoms with E-state index in [1.54, 1.807) is 17.0 Å². The summed E-state index contributed by atoms with van der Waals surface area (Å²) in [5, 5.41) is 2.88. The van der Waals surface area contributed by atoms with E-state index in [-0.39, 0.29) is 24.3 Å². The van der Waals surface area contributed by atoms with E-state index in [0.29, 0.717) is 32.6 Å². The second kappa shape index (κ2) is 8.47. The molecule has 0 aromatic heterocycles. The number of halogens is 1. The maximum atomic E-state index is 12.8. The van der Waals surface area contributed by atoms with Gasteiger partial charge in [0.05, 0.1) is 6.54 Å². The number of hydrogen-bond donors (Lipinski definition) is 2. The number of carbonyl (C=O) groups is 2. The van der Waals surface area contributed by atoms with Gasteiger partial charge in [-0.3, -0.25) is 9.69 Å². The zero-order chi connectivity index (χ0) is 16.7. The Hall–Kier alpha value is -2.15. The molecule has 7 heteroatoms. The summed E-state index contributed by atoms with van der Waals surface area (Å²) in [6, 6.07) is 6.16. The molecule has 3 N–H and O–H groups in total. The lowest BCUT2D eigenvalue weighted by atomic mass is 10.1. The van der Waals surface area contributed by atoms with Gasteiger partial charge in [0.25, 0.3) is 0 Å². The first-order valence-corrected chi connectivity index (χ1v) is 7.82. The number of benzene rings is 1. The number of urea groups is 1. The molecule has 0 unspecified atom stereocenters. The SMILES string of the molecule is NC(=O)CN1CCCN(C(=O)NCCc2ccc(F)cc2)CC1. The molecule has 23 heavy (non-hydrogen) atoms. The minimum absolute atomic E-state index is 0.104. The summed E-state index contributed by atoms with van der Waals surface area (Å²) in [7, 11) is 0. The van der Waals surface area contributed by atoms with Crippen molar-refractivity contribution in [2.75, 3.05) is 39.3 Å². The van der Waals surface area contributed by atoms with Crippen molar-refractivity contribution in [3.05, 3.63) is 35.6 Å². The van der Waals surface area contributed by atoms with Crippen molar-refractivity contribution in [3.63, 3.8) is 0 Å². The minimum Gasteiger partial charge on any atom is -0.369 e. The van der Waals surface area contributed by atoms with Crippen molar-refractivity contribution < 1.29 is 14.0 Å². The third kappa shape index (κ3) is 5.86. The zero-order valence-electron chi connectivity index (χ0n) is 13.1. The predicted molar refractivity (Wildman–Crippen MR) is 85.3 cm³/mol. The largest absolute Gasteiger partial charge is 0.369 e. The van der Waals surface area contributed by atoms with Gasteiger partial charge in [-0.15, -0.1) is 0 Å². The van der Waals surface area contributed by atoms with Crippen LogP contribution < -0.4 is 11.1 Å². The first-order valence-electron chi connectivity index (χ1n) is 7.82. The molecule has 0 atom stereocenters. The van der Waals surface area contributed by atoms with E-state index in [9.17, 15) is 14.0 Å². The molecule has 1 aliphatic rings. The van der Waals surface area contributed by atoms with Crippen molar-refractivity contribution in [1.29, 1.82) is 0 Å². The van der Waals surface area contributed by atoms with Crippen molar-refractivity contribution in [1.82, 2.24) is 15.1 Å². The number of carbonyl (C=O) groups excluding carboxylic acids is 2. The monoisotopic (exact) mass is 322 g/mol. The van der Waals surface area contributed by atoms with E-state index < -0.39 is 0 Å². The van der Waals surface area contributed by atoms with Gasteiger partial charge < -0.3 is 16.0 Å². The summed E-state index contributed by atoms with van der Waals surface area (Å²) in [6.07, 6.45) is 1.48. The maximum absolute atomic E-state index is 12.8. The van der Waals surface area contributed by atoms with E-state index in [2.05, 4.69) is 5.32 Å². The van der Waals surface area contributed by atoms with Crippen LogP contribution in [0.25, 0.3) is 0 Å². The molecule has 0 radical (unpaired) electrons. The summed E-state index contributed by atoms with van der Waals surface area (Å²) >= 11 is 0. The predicted octanol–water partition coefficient (Wildman–Crippen LogP) is 0.571. The van der Waals surface area contributed by atoms with Gasteiger partial charge in [-0.05, 0) is 30.5 Å². The average molecular weight is 322 g/mol. The molecule has 6 nitrogen and oxygen atoms in total. The van der Waals surface area contributed by atoms with Crippen LogP contribution in [-0.4, -0.2) is 61.0 Å². The van der Waals surface area contributed by atoms with Gasteiger partial charge >= 0.3 is 6.03 Å². The van der Waals surface area contributed by atoms with Gasteiger partial charge in [-0.2, -0.15) is 0 Å². The summed E-state index contributed by atoms with van der Waals surface area (Å²) < 4.78 is 12.8. The second-order valence-electron chi connectivity index (χ2n) is 5.69. The molecule has 0 saturated carbocycles. The summed E-state index contributed by atoms with van der Waals surface area (Å²) in [6.45, 7) is 3.40. The third-order valence-electron chi connectivity index (χ3n) is 3.86. The number of nitrogens with two attached hydrogens (primary N) is 1. The lowest BCUT2D eigenvalue weighted by Crippen LogP contribution is -2.43. The molecular weight excluding hydrogens is 299 g/mol. The molecule has 1 aromatic carbocycles. The number of primary amides is 1. The Balaban J connectivity index is 1.72. The fourth-order valence-corrected chi connectivity index (χ4v) is 2.63. The van der Waals surface area contributed by atoms with Crippen LogP contribution in [0.4, 0.5) is 9.18 Å². The second-order valence-corrected chi connectivity index (χ2v) is 5.69. The van der Waals surface area contributed by atoms with Crippen molar-refractivity contribution in [2.24, 2.45) is 5.73 Å². The number of nitrogens with one attached hydrogen (secondary N) is 1. The molecule has 0 spiro atoms. The van der Waals surface area contributed by atoms with Crippen LogP contribution in [0.2, 0.25) is 0 Å². The molecule has 1 heterocycles. The highest BCUT2D eigenvalue weighted by Crippen LogP contribution is 2.05. The Morgan fingerprint density at radius 3 is 2.57 bits per heavy atom. The lowest BCUT2D eigenvalue weighted by molar-refractivity contribution is -0.119. The molecule has 2 rings (SSSR count). The van der Waals surface area contributed by atoms with Crippen LogP contribution in [0.5, 0.6) is 0 Å². The van der Waals surface area contributed by atoms with Crippen molar-refractivity contribution in [3.8, 4) is 0 Å². The molecule has 0 aliphatic carbocycles. The summed E-state index contributed by atoms with van der Waals surface area (Å²) in [5.41, 5.74) is 6.18. The van der Waals surface area contributed by atoms with Gasteiger partial charge in [-0.1, -0.05) is 12.1 Å². The number of amides is 3.